The normalized spacial score (nSPS) is 16.0. The maximum Gasteiger partial charge on any atom is 0.513 e. The van der Waals surface area contributed by atoms with E-state index in [0.717, 1.165) is 0 Å². The summed E-state index contributed by atoms with van der Waals surface area (Å²) >= 11 is 0. The Bertz CT molecular complexity index is 896. The molecular formula is C19H20N2O7. The van der Waals surface area contributed by atoms with Gasteiger partial charge in [-0.1, -0.05) is 0 Å². The number of esters is 1. The van der Waals surface area contributed by atoms with Gasteiger partial charge in [-0.15, -0.1) is 0 Å². The van der Waals surface area contributed by atoms with Crippen LogP contribution in [0.2, 0.25) is 0 Å². The Morgan fingerprint density at radius 1 is 1.32 bits per heavy atom. The maximum atomic E-state index is 12.6. The molecule has 2 rings (SSSR count). The van der Waals surface area contributed by atoms with Gasteiger partial charge >= 0.3 is 12.1 Å². The van der Waals surface area contributed by atoms with Crippen LogP contribution in [-0.4, -0.2) is 33.0 Å². The van der Waals surface area contributed by atoms with Crippen LogP contribution in [0.1, 0.15) is 25.3 Å². The fourth-order valence-corrected chi connectivity index (χ4v) is 2.81. The molecule has 0 amide bonds. The van der Waals surface area contributed by atoms with Crippen molar-refractivity contribution in [3.05, 3.63) is 46.6 Å². The van der Waals surface area contributed by atoms with Crippen LogP contribution in [0, 0.1) is 11.3 Å². The number of allylic oxidation sites excluding steroid dienone is 2. The zero-order valence-corrected chi connectivity index (χ0v) is 15.9. The number of ether oxygens (including phenoxy) is 5. The molecule has 2 N–H and O–H groups in total. The Balaban J connectivity index is 2.69. The van der Waals surface area contributed by atoms with Crippen molar-refractivity contribution < 1.29 is 33.3 Å². The molecule has 1 aliphatic rings. The second-order valence-corrected chi connectivity index (χ2v) is 5.58. The second kappa shape index (κ2) is 8.81. The molecule has 9 nitrogen and oxygen atoms in total. The number of nitrogens with two attached hydrogens (primary N) is 1. The van der Waals surface area contributed by atoms with E-state index < -0.39 is 18.0 Å². The summed E-state index contributed by atoms with van der Waals surface area (Å²) in [6.07, 6.45) is -0.920. The molecule has 1 heterocycles. The zero-order valence-electron chi connectivity index (χ0n) is 15.9. The van der Waals surface area contributed by atoms with Crippen molar-refractivity contribution in [2.45, 2.75) is 19.8 Å². The number of methoxy groups -OCH3 is 2. The van der Waals surface area contributed by atoms with Gasteiger partial charge in [0.25, 0.3) is 0 Å². The average Bonchev–Trinajstić information content (AvgIpc) is 2.67. The first-order valence-electron chi connectivity index (χ1n) is 8.27. The minimum atomic E-state index is -0.936. The third-order valence-electron chi connectivity index (χ3n) is 3.98. The first kappa shape index (κ1) is 20.6. The molecule has 9 heteroatoms. The van der Waals surface area contributed by atoms with Crippen molar-refractivity contribution in [1.29, 1.82) is 5.26 Å². The summed E-state index contributed by atoms with van der Waals surface area (Å²) in [7, 11) is 2.60. The van der Waals surface area contributed by atoms with E-state index in [2.05, 4.69) is 4.74 Å². The van der Waals surface area contributed by atoms with Crippen molar-refractivity contribution >= 4 is 12.1 Å². The maximum absolute atomic E-state index is 12.6. The Kier molecular flexibility index (Phi) is 6.50. The molecule has 0 radical (unpaired) electrons. The summed E-state index contributed by atoms with van der Waals surface area (Å²) in [5.41, 5.74) is 6.35. The molecule has 1 aromatic rings. The van der Waals surface area contributed by atoms with Crippen LogP contribution in [0.4, 0.5) is 4.79 Å². The highest BCUT2D eigenvalue weighted by Gasteiger charge is 2.38. The van der Waals surface area contributed by atoms with Gasteiger partial charge in [0.05, 0.1) is 32.3 Å². The molecule has 28 heavy (non-hydrogen) atoms. The summed E-state index contributed by atoms with van der Waals surface area (Å²) in [5, 5.41) is 9.64. The van der Waals surface area contributed by atoms with Gasteiger partial charge in [0.1, 0.15) is 28.9 Å². The number of hydrogen-bond acceptors (Lipinski definition) is 9. The van der Waals surface area contributed by atoms with E-state index in [-0.39, 0.29) is 35.1 Å². The van der Waals surface area contributed by atoms with Crippen LogP contribution in [0.3, 0.4) is 0 Å². The van der Waals surface area contributed by atoms with Crippen LogP contribution >= 0.6 is 0 Å². The van der Waals surface area contributed by atoms with Crippen LogP contribution in [0.15, 0.2) is 41.0 Å². The number of nitrogens with zero attached hydrogens (tertiary/aromatic N) is 1. The van der Waals surface area contributed by atoms with Gasteiger partial charge in [-0.2, -0.15) is 5.26 Å². The second-order valence-electron chi connectivity index (χ2n) is 5.58. The van der Waals surface area contributed by atoms with Gasteiger partial charge in [-0.05, 0) is 32.0 Å². The lowest BCUT2D eigenvalue weighted by Crippen LogP contribution is -2.26. The van der Waals surface area contributed by atoms with E-state index in [1.807, 2.05) is 6.07 Å². The largest absolute Gasteiger partial charge is 0.513 e. The number of benzene rings is 1. The molecule has 0 aliphatic carbocycles. The van der Waals surface area contributed by atoms with E-state index in [0.29, 0.717) is 11.3 Å². The fraction of sp³-hybridized carbons (Fsp3) is 0.316. The highest BCUT2D eigenvalue weighted by atomic mass is 16.7. The third-order valence-corrected chi connectivity index (χ3v) is 3.98. The van der Waals surface area contributed by atoms with Gasteiger partial charge in [0, 0.05) is 5.56 Å². The monoisotopic (exact) mass is 388 g/mol. The summed E-state index contributed by atoms with van der Waals surface area (Å²) < 4.78 is 25.4. The highest BCUT2D eigenvalue weighted by molar-refractivity contribution is 5.93. The van der Waals surface area contributed by atoms with E-state index in [1.54, 1.807) is 13.8 Å². The van der Waals surface area contributed by atoms with Crippen molar-refractivity contribution in [2.24, 2.45) is 5.73 Å². The van der Waals surface area contributed by atoms with E-state index in [4.69, 9.17) is 24.7 Å². The molecule has 0 bridgehead atoms. The van der Waals surface area contributed by atoms with Crippen LogP contribution < -0.4 is 15.2 Å². The first-order valence-corrected chi connectivity index (χ1v) is 8.27. The smallest absolute Gasteiger partial charge is 0.496 e. The molecule has 1 aromatic carbocycles. The summed E-state index contributed by atoms with van der Waals surface area (Å²) in [6.45, 7) is 3.33. The zero-order chi connectivity index (χ0) is 20.8. The molecular weight excluding hydrogens is 368 g/mol. The topological polar surface area (TPSA) is 130 Å². The number of nitriles is 1. The molecule has 0 spiro atoms. The lowest BCUT2D eigenvalue weighted by molar-refractivity contribution is -0.139. The average molecular weight is 388 g/mol. The number of hydrogen-bond donors (Lipinski definition) is 1. The van der Waals surface area contributed by atoms with Crippen molar-refractivity contribution in [2.75, 3.05) is 20.8 Å². The lowest BCUT2D eigenvalue weighted by atomic mass is 9.82. The molecule has 1 atom stereocenters. The van der Waals surface area contributed by atoms with Crippen molar-refractivity contribution in [3.63, 3.8) is 0 Å². The van der Waals surface area contributed by atoms with E-state index >= 15 is 0 Å². The summed E-state index contributed by atoms with van der Waals surface area (Å²) in [5.74, 6) is -1.06. The van der Waals surface area contributed by atoms with Gasteiger partial charge in [-0.25, -0.2) is 9.59 Å². The third kappa shape index (κ3) is 4.01. The molecule has 0 aromatic heterocycles. The Morgan fingerprint density at radius 2 is 2.04 bits per heavy atom. The quantitative estimate of drug-likeness (QED) is 0.597. The van der Waals surface area contributed by atoms with Gasteiger partial charge in [0.2, 0.25) is 5.88 Å². The lowest BCUT2D eigenvalue weighted by Gasteiger charge is -2.28. The standard InChI is InChI=1S/C19H20N2O7/c1-5-26-18(22)15-10(2)27-17(21)13(9-20)16(15)12-8-11(28-19(23)25-4)6-7-14(12)24-3/h6-8,16H,5,21H2,1-4H3. The van der Waals surface area contributed by atoms with Crippen LogP contribution in [-0.2, 0) is 19.0 Å². The van der Waals surface area contributed by atoms with Crippen LogP contribution in [0.5, 0.6) is 11.5 Å². The van der Waals surface area contributed by atoms with E-state index in [9.17, 15) is 14.9 Å². The Hall–Kier alpha value is -3.67. The van der Waals surface area contributed by atoms with Gasteiger partial charge in [0.15, 0.2) is 0 Å². The molecule has 0 saturated heterocycles. The minimum absolute atomic E-state index is 0.00201. The fourth-order valence-electron chi connectivity index (χ4n) is 2.81. The minimum Gasteiger partial charge on any atom is -0.496 e. The molecule has 0 saturated carbocycles. The molecule has 148 valence electrons. The Labute approximate surface area is 161 Å². The first-order chi connectivity index (χ1) is 13.4. The number of carbonyl (C=O) groups is 2. The van der Waals surface area contributed by atoms with E-state index in [1.165, 1.54) is 32.4 Å². The predicted octanol–water partition coefficient (Wildman–Crippen LogP) is 2.49. The highest BCUT2D eigenvalue weighted by Crippen LogP contribution is 2.44. The number of carbonyl (C=O) groups excluding carboxylic acids is 2. The SMILES string of the molecule is CCOC(=O)C1=C(C)OC(N)=C(C#N)C1c1cc(OC(=O)OC)ccc1OC. The molecule has 0 fully saturated rings. The summed E-state index contributed by atoms with van der Waals surface area (Å²) in [4.78, 5) is 24.0. The summed E-state index contributed by atoms with van der Waals surface area (Å²) in [6, 6.07) is 6.45. The van der Waals surface area contributed by atoms with Gasteiger partial charge in [-0.3, -0.25) is 0 Å². The molecule has 1 unspecified atom stereocenters. The number of rotatable bonds is 5. The van der Waals surface area contributed by atoms with Gasteiger partial charge < -0.3 is 29.4 Å². The predicted molar refractivity (Wildman–Crippen MR) is 96.0 cm³/mol. The van der Waals surface area contributed by atoms with Crippen molar-refractivity contribution in [3.8, 4) is 17.6 Å². The van der Waals surface area contributed by atoms with Crippen molar-refractivity contribution in [1.82, 2.24) is 0 Å². The Morgan fingerprint density at radius 3 is 2.61 bits per heavy atom. The van der Waals surface area contributed by atoms with Crippen LogP contribution in [0.25, 0.3) is 0 Å². The molecule has 1 aliphatic heterocycles.